The number of hydrogen-bond acceptors (Lipinski definition) is 2. The van der Waals surface area contributed by atoms with Gasteiger partial charge in [0.1, 0.15) is 0 Å². The maximum Gasteiger partial charge on any atom is 0.159 e. The number of thiazole rings is 1. The molecule has 0 aliphatic heterocycles. The van der Waals surface area contributed by atoms with Gasteiger partial charge in [0.05, 0.1) is 10.7 Å². The summed E-state index contributed by atoms with van der Waals surface area (Å²) in [7, 11) is 0. The Labute approximate surface area is 107 Å². The van der Waals surface area contributed by atoms with Crippen LogP contribution in [0, 0.1) is 0 Å². The molecule has 0 saturated carbocycles. The molecule has 72 valence electrons. The molecule has 0 bridgehead atoms. The quantitative estimate of drug-likeness (QED) is 0.704. The Kier molecular flexibility index (Phi) is 3.27. The smallest absolute Gasteiger partial charge is 0.159 e. The highest BCUT2D eigenvalue weighted by Gasteiger charge is 2.07. The molecule has 14 heavy (non-hydrogen) atoms. The molecule has 0 fully saturated rings. The SMILES string of the molecule is Clc1cc(Br)ccc1-c1csc(Br)n1. The van der Waals surface area contributed by atoms with Crippen molar-refractivity contribution in [1.82, 2.24) is 4.98 Å². The number of nitrogens with zero attached hydrogens (tertiary/aromatic N) is 1. The predicted octanol–water partition coefficient (Wildman–Crippen LogP) is 4.99. The zero-order chi connectivity index (χ0) is 10.1. The fourth-order valence-electron chi connectivity index (χ4n) is 1.07. The molecule has 2 aromatic rings. The highest BCUT2D eigenvalue weighted by atomic mass is 79.9. The lowest BCUT2D eigenvalue weighted by Crippen LogP contribution is -1.79. The fraction of sp³-hybridized carbons (Fsp3) is 0. The summed E-state index contributed by atoms with van der Waals surface area (Å²) in [6.07, 6.45) is 0. The first-order valence-electron chi connectivity index (χ1n) is 3.73. The molecule has 0 spiro atoms. The van der Waals surface area contributed by atoms with E-state index in [0.29, 0.717) is 5.02 Å². The third kappa shape index (κ3) is 2.19. The number of hydrogen-bond donors (Lipinski definition) is 0. The Morgan fingerprint density at radius 1 is 1.29 bits per heavy atom. The van der Waals surface area contributed by atoms with E-state index in [1.165, 1.54) is 0 Å². The molecule has 0 aliphatic rings. The first-order valence-corrected chi connectivity index (χ1v) is 6.57. The van der Waals surface area contributed by atoms with Crippen molar-refractivity contribution in [3.05, 3.63) is 37.0 Å². The molecule has 0 aliphatic carbocycles. The van der Waals surface area contributed by atoms with Crippen LogP contribution in [0.4, 0.5) is 0 Å². The predicted molar refractivity (Wildman–Crippen MR) is 68.0 cm³/mol. The van der Waals surface area contributed by atoms with Crippen molar-refractivity contribution in [3.63, 3.8) is 0 Å². The van der Waals surface area contributed by atoms with Crippen LogP contribution >= 0.6 is 54.8 Å². The van der Waals surface area contributed by atoms with Crippen LogP contribution in [0.2, 0.25) is 5.02 Å². The largest absolute Gasteiger partial charge is 0.229 e. The summed E-state index contributed by atoms with van der Waals surface area (Å²) in [6, 6.07) is 5.77. The van der Waals surface area contributed by atoms with Crippen LogP contribution in [-0.2, 0) is 0 Å². The molecule has 0 atom stereocenters. The van der Waals surface area contributed by atoms with Gasteiger partial charge in [0, 0.05) is 15.4 Å². The molecule has 2 rings (SSSR count). The molecule has 0 amide bonds. The molecule has 5 heteroatoms. The van der Waals surface area contributed by atoms with Crippen LogP contribution in [0.25, 0.3) is 11.3 Å². The van der Waals surface area contributed by atoms with Crippen LogP contribution in [0.1, 0.15) is 0 Å². The highest BCUT2D eigenvalue weighted by Crippen LogP contribution is 2.32. The summed E-state index contributed by atoms with van der Waals surface area (Å²) in [5.74, 6) is 0. The highest BCUT2D eigenvalue weighted by molar-refractivity contribution is 9.11. The lowest BCUT2D eigenvalue weighted by atomic mass is 10.2. The van der Waals surface area contributed by atoms with Gasteiger partial charge in [-0.2, -0.15) is 0 Å². The van der Waals surface area contributed by atoms with Crippen LogP contribution in [-0.4, -0.2) is 4.98 Å². The topological polar surface area (TPSA) is 12.9 Å². The average Bonchev–Trinajstić information content (AvgIpc) is 2.51. The van der Waals surface area contributed by atoms with E-state index in [1.807, 2.05) is 23.6 Å². The lowest BCUT2D eigenvalue weighted by molar-refractivity contribution is 1.37. The second kappa shape index (κ2) is 4.31. The van der Waals surface area contributed by atoms with Gasteiger partial charge >= 0.3 is 0 Å². The normalized spacial score (nSPS) is 10.5. The lowest BCUT2D eigenvalue weighted by Gasteiger charge is -2.00. The van der Waals surface area contributed by atoms with Gasteiger partial charge in [-0.25, -0.2) is 4.98 Å². The third-order valence-electron chi connectivity index (χ3n) is 1.68. The zero-order valence-corrected chi connectivity index (χ0v) is 11.5. The molecule has 0 unspecified atom stereocenters. The molecular weight excluding hydrogens is 349 g/mol. The molecule has 1 nitrogen and oxygen atoms in total. The Bertz CT molecular complexity index is 470. The van der Waals surface area contributed by atoms with Gasteiger partial charge in [0.2, 0.25) is 0 Å². The van der Waals surface area contributed by atoms with Crippen molar-refractivity contribution < 1.29 is 0 Å². The van der Waals surface area contributed by atoms with Gasteiger partial charge in [0.25, 0.3) is 0 Å². The van der Waals surface area contributed by atoms with Gasteiger partial charge in [-0.15, -0.1) is 11.3 Å². The minimum absolute atomic E-state index is 0.706. The summed E-state index contributed by atoms with van der Waals surface area (Å²) < 4.78 is 1.84. The molecule has 1 heterocycles. The zero-order valence-electron chi connectivity index (χ0n) is 6.80. The standard InChI is InChI=1S/C9H4Br2ClNS/c10-5-1-2-6(7(12)3-5)8-4-14-9(11)13-8/h1-4H. The van der Waals surface area contributed by atoms with Crippen molar-refractivity contribution in [1.29, 1.82) is 0 Å². The van der Waals surface area contributed by atoms with Gasteiger partial charge in [-0.1, -0.05) is 33.6 Å². The maximum absolute atomic E-state index is 6.09. The summed E-state index contributed by atoms with van der Waals surface area (Å²) in [5.41, 5.74) is 1.86. The van der Waals surface area contributed by atoms with E-state index < -0.39 is 0 Å². The molecular formula is C9H4Br2ClNS. The first kappa shape index (κ1) is 10.6. The number of halogens is 3. The Balaban J connectivity index is 2.52. The Morgan fingerprint density at radius 2 is 2.07 bits per heavy atom. The van der Waals surface area contributed by atoms with Gasteiger partial charge in [-0.3, -0.25) is 0 Å². The van der Waals surface area contributed by atoms with Crippen LogP contribution in [0.5, 0.6) is 0 Å². The Hall–Kier alpha value is 0.1000. The second-order valence-electron chi connectivity index (χ2n) is 2.61. The summed E-state index contributed by atoms with van der Waals surface area (Å²) in [5, 5.41) is 2.68. The summed E-state index contributed by atoms with van der Waals surface area (Å²) in [4.78, 5) is 4.31. The van der Waals surface area contributed by atoms with Gasteiger partial charge in [0.15, 0.2) is 3.92 Å². The minimum atomic E-state index is 0.706. The number of rotatable bonds is 1. The molecule has 0 saturated heterocycles. The Morgan fingerprint density at radius 3 is 2.64 bits per heavy atom. The van der Waals surface area contributed by atoms with Crippen molar-refractivity contribution in [3.8, 4) is 11.3 Å². The van der Waals surface area contributed by atoms with E-state index in [2.05, 4.69) is 36.8 Å². The van der Waals surface area contributed by atoms with Crippen LogP contribution in [0.3, 0.4) is 0 Å². The summed E-state index contributed by atoms with van der Waals surface area (Å²) in [6.45, 7) is 0. The van der Waals surface area contributed by atoms with Crippen LogP contribution < -0.4 is 0 Å². The molecule has 0 radical (unpaired) electrons. The maximum atomic E-state index is 6.09. The minimum Gasteiger partial charge on any atom is -0.229 e. The third-order valence-corrected chi connectivity index (χ3v) is 3.85. The fourth-order valence-corrected chi connectivity index (χ4v) is 2.85. The number of aromatic nitrogens is 1. The van der Waals surface area contributed by atoms with E-state index in [9.17, 15) is 0 Å². The van der Waals surface area contributed by atoms with Gasteiger partial charge < -0.3 is 0 Å². The van der Waals surface area contributed by atoms with Crippen LogP contribution in [0.15, 0.2) is 32.0 Å². The summed E-state index contributed by atoms with van der Waals surface area (Å²) >= 11 is 14.3. The van der Waals surface area contributed by atoms with E-state index in [1.54, 1.807) is 11.3 Å². The second-order valence-corrected chi connectivity index (χ2v) is 6.07. The molecule has 1 aromatic heterocycles. The van der Waals surface area contributed by atoms with Gasteiger partial charge in [-0.05, 0) is 28.1 Å². The number of benzene rings is 1. The van der Waals surface area contributed by atoms with Crippen molar-refractivity contribution in [2.45, 2.75) is 0 Å². The van der Waals surface area contributed by atoms with E-state index in [4.69, 9.17) is 11.6 Å². The first-order chi connectivity index (χ1) is 6.66. The van der Waals surface area contributed by atoms with E-state index in [-0.39, 0.29) is 0 Å². The molecule has 1 aromatic carbocycles. The average molecular weight is 353 g/mol. The van der Waals surface area contributed by atoms with Crippen molar-refractivity contribution in [2.75, 3.05) is 0 Å². The molecule has 0 N–H and O–H groups in total. The van der Waals surface area contributed by atoms with E-state index in [0.717, 1.165) is 19.6 Å². The van der Waals surface area contributed by atoms with Crippen molar-refractivity contribution >= 4 is 54.8 Å². The van der Waals surface area contributed by atoms with E-state index >= 15 is 0 Å². The monoisotopic (exact) mass is 351 g/mol. The van der Waals surface area contributed by atoms with Crippen molar-refractivity contribution in [2.24, 2.45) is 0 Å².